The normalized spacial score (nSPS) is 11.5. The second kappa shape index (κ2) is 4.77. The number of hydrogen-bond donors (Lipinski definition) is 1. The lowest BCUT2D eigenvalue weighted by atomic mass is 10.1. The third-order valence-electron chi connectivity index (χ3n) is 2.03. The van der Waals surface area contributed by atoms with Crippen molar-refractivity contribution in [3.63, 3.8) is 0 Å². The molecule has 1 aromatic rings. The average molecular weight is 236 g/mol. The molecular weight excluding hydrogens is 224 g/mol. The van der Waals surface area contributed by atoms with E-state index in [4.69, 9.17) is 22.1 Å². The molecule has 0 aromatic heterocycles. The molecule has 0 saturated heterocycles. The molecule has 0 spiro atoms. The predicted molar refractivity (Wildman–Crippen MR) is 55.7 cm³/mol. The highest BCUT2D eigenvalue weighted by molar-refractivity contribution is 6.31. The van der Waals surface area contributed by atoms with Crippen LogP contribution < -0.4 is 10.5 Å². The number of rotatable bonds is 4. The molecule has 0 fully saturated rings. The van der Waals surface area contributed by atoms with Crippen LogP contribution in [-0.2, 0) is 6.42 Å². The highest BCUT2D eigenvalue weighted by Crippen LogP contribution is 2.31. The van der Waals surface area contributed by atoms with Gasteiger partial charge < -0.3 is 10.5 Å². The molecule has 0 bridgehead atoms. The van der Waals surface area contributed by atoms with Crippen LogP contribution in [0, 0.1) is 0 Å². The zero-order valence-electron chi connectivity index (χ0n) is 8.27. The SMILES string of the molecule is COc1cccc(Cl)c1CC(F)(F)CN. The molecule has 84 valence electrons. The van der Waals surface area contributed by atoms with Gasteiger partial charge in [0.25, 0.3) is 5.92 Å². The van der Waals surface area contributed by atoms with E-state index < -0.39 is 18.9 Å². The second-order valence-electron chi connectivity index (χ2n) is 3.16. The molecule has 0 aliphatic heterocycles. The zero-order chi connectivity index (χ0) is 11.5. The van der Waals surface area contributed by atoms with E-state index in [-0.39, 0.29) is 10.6 Å². The zero-order valence-corrected chi connectivity index (χ0v) is 9.02. The summed E-state index contributed by atoms with van der Waals surface area (Å²) in [6, 6.07) is 4.78. The molecule has 0 atom stereocenters. The molecule has 5 heteroatoms. The quantitative estimate of drug-likeness (QED) is 0.870. The Bertz CT molecular complexity index is 344. The molecule has 2 N–H and O–H groups in total. The van der Waals surface area contributed by atoms with Crippen LogP contribution in [0.5, 0.6) is 5.75 Å². The van der Waals surface area contributed by atoms with Crippen molar-refractivity contribution in [1.82, 2.24) is 0 Å². The van der Waals surface area contributed by atoms with Gasteiger partial charge in [0.05, 0.1) is 13.7 Å². The minimum atomic E-state index is -2.96. The summed E-state index contributed by atoms with van der Waals surface area (Å²) in [7, 11) is 1.41. The highest BCUT2D eigenvalue weighted by atomic mass is 35.5. The Labute approximate surface area is 92.0 Å². The van der Waals surface area contributed by atoms with Crippen molar-refractivity contribution in [3.05, 3.63) is 28.8 Å². The van der Waals surface area contributed by atoms with Crippen molar-refractivity contribution in [1.29, 1.82) is 0 Å². The van der Waals surface area contributed by atoms with E-state index in [0.717, 1.165) is 0 Å². The van der Waals surface area contributed by atoms with Gasteiger partial charge >= 0.3 is 0 Å². The summed E-state index contributed by atoms with van der Waals surface area (Å²) in [5.74, 6) is -2.60. The van der Waals surface area contributed by atoms with E-state index in [1.807, 2.05) is 0 Å². The molecule has 0 heterocycles. The number of hydrogen-bond acceptors (Lipinski definition) is 2. The van der Waals surface area contributed by atoms with Gasteiger partial charge in [0, 0.05) is 17.0 Å². The lowest BCUT2D eigenvalue weighted by Crippen LogP contribution is -2.30. The standard InChI is InChI=1S/C10H12ClF2NO/c1-15-9-4-2-3-8(11)7(9)5-10(12,13)6-14/h2-4H,5-6,14H2,1H3. The first-order valence-corrected chi connectivity index (χ1v) is 4.77. The van der Waals surface area contributed by atoms with E-state index >= 15 is 0 Å². The molecule has 0 aliphatic carbocycles. The Morgan fingerprint density at radius 2 is 2.13 bits per heavy atom. The fourth-order valence-corrected chi connectivity index (χ4v) is 1.47. The lowest BCUT2D eigenvalue weighted by molar-refractivity contribution is 0.0110. The number of methoxy groups -OCH3 is 1. The molecule has 1 aromatic carbocycles. The highest BCUT2D eigenvalue weighted by Gasteiger charge is 2.29. The van der Waals surface area contributed by atoms with Gasteiger partial charge in [-0.3, -0.25) is 0 Å². The van der Waals surface area contributed by atoms with Gasteiger partial charge in [0.1, 0.15) is 5.75 Å². The van der Waals surface area contributed by atoms with Gasteiger partial charge in [-0.2, -0.15) is 0 Å². The first-order chi connectivity index (χ1) is 7.00. The fraction of sp³-hybridized carbons (Fsp3) is 0.400. The summed E-state index contributed by atoms with van der Waals surface area (Å²) in [5, 5.41) is 0.266. The van der Waals surface area contributed by atoms with Crippen LogP contribution in [0.3, 0.4) is 0 Å². The molecule has 2 nitrogen and oxygen atoms in total. The predicted octanol–water partition coefficient (Wildman–Crippen LogP) is 2.49. The molecule has 0 saturated carbocycles. The number of nitrogens with two attached hydrogens (primary N) is 1. The molecule has 0 radical (unpaired) electrons. The van der Waals surface area contributed by atoms with Gasteiger partial charge in [0.2, 0.25) is 0 Å². The fourth-order valence-electron chi connectivity index (χ4n) is 1.23. The number of halogens is 3. The molecule has 0 amide bonds. The Balaban J connectivity index is 3.02. The smallest absolute Gasteiger partial charge is 0.264 e. The van der Waals surface area contributed by atoms with Gasteiger partial charge in [-0.15, -0.1) is 0 Å². The molecule has 0 aliphatic rings. The van der Waals surface area contributed by atoms with Crippen LogP contribution in [0.4, 0.5) is 8.78 Å². The van der Waals surface area contributed by atoms with E-state index in [2.05, 4.69) is 0 Å². The van der Waals surface area contributed by atoms with Crippen molar-refractivity contribution in [2.75, 3.05) is 13.7 Å². The second-order valence-corrected chi connectivity index (χ2v) is 3.56. The minimum Gasteiger partial charge on any atom is -0.496 e. The average Bonchev–Trinajstić information content (AvgIpc) is 2.21. The minimum absolute atomic E-state index is 0.266. The molecule has 0 unspecified atom stereocenters. The first kappa shape index (κ1) is 12.2. The summed E-state index contributed by atoms with van der Waals surface area (Å²) in [5.41, 5.74) is 5.25. The van der Waals surface area contributed by atoms with Crippen LogP contribution in [-0.4, -0.2) is 19.6 Å². The van der Waals surface area contributed by atoms with Crippen molar-refractivity contribution in [2.24, 2.45) is 5.73 Å². The van der Waals surface area contributed by atoms with Gasteiger partial charge in [-0.25, -0.2) is 8.78 Å². The van der Waals surface area contributed by atoms with Crippen molar-refractivity contribution < 1.29 is 13.5 Å². The summed E-state index contributed by atoms with van der Waals surface area (Å²) < 4.78 is 31.1. The first-order valence-electron chi connectivity index (χ1n) is 4.39. The van der Waals surface area contributed by atoms with E-state index in [0.29, 0.717) is 5.75 Å². The maximum absolute atomic E-state index is 13.1. The van der Waals surface area contributed by atoms with Crippen LogP contribution in [0.25, 0.3) is 0 Å². The van der Waals surface area contributed by atoms with Crippen molar-refractivity contribution >= 4 is 11.6 Å². The topological polar surface area (TPSA) is 35.2 Å². The summed E-state index contributed by atoms with van der Waals surface area (Å²) >= 11 is 5.82. The third kappa shape index (κ3) is 3.04. The van der Waals surface area contributed by atoms with E-state index in [1.54, 1.807) is 18.2 Å². The Morgan fingerprint density at radius 1 is 1.47 bits per heavy atom. The molecular formula is C10H12ClF2NO. The summed E-state index contributed by atoms with van der Waals surface area (Å²) in [4.78, 5) is 0. The van der Waals surface area contributed by atoms with Gasteiger partial charge in [-0.1, -0.05) is 17.7 Å². The van der Waals surface area contributed by atoms with Crippen LogP contribution in [0.2, 0.25) is 5.02 Å². The number of ether oxygens (including phenoxy) is 1. The maximum atomic E-state index is 13.1. The monoisotopic (exact) mass is 235 g/mol. The summed E-state index contributed by atoms with van der Waals surface area (Å²) in [6.45, 7) is -0.707. The van der Waals surface area contributed by atoms with Crippen LogP contribution >= 0.6 is 11.6 Å². The van der Waals surface area contributed by atoms with Crippen LogP contribution in [0.1, 0.15) is 5.56 Å². The number of benzene rings is 1. The van der Waals surface area contributed by atoms with Crippen molar-refractivity contribution in [3.8, 4) is 5.75 Å². The number of alkyl halides is 2. The van der Waals surface area contributed by atoms with Gasteiger partial charge in [0.15, 0.2) is 0 Å². The Morgan fingerprint density at radius 3 is 2.67 bits per heavy atom. The Hall–Kier alpha value is -0.870. The van der Waals surface area contributed by atoms with E-state index in [1.165, 1.54) is 7.11 Å². The maximum Gasteiger partial charge on any atom is 0.264 e. The lowest BCUT2D eigenvalue weighted by Gasteiger charge is -2.16. The molecule has 15 heavy (non-hydrogen) atoms. The van der Waals surface area contributed by atoms with Crippen LogP contribution in [0.15, 0.2) is 18.2 Å². The largest absolute Gasteiger partial charge is 0.496 e. The van der Waals surface area contributed by atoms with E-state index in [9.17, 15) is 8.78 Å². The third-order valence-corrected chi connectivity index (χ3v) is 2.38. The van der Waals surface area contributed by atoms with Gasteiger partial charge in [-0.05, 0) is 12.1 Å². The molecule has 1 rings (SSSR count). The van der Waals surface area contributed by atoms with Crippen molar-refractivity contribution in [2.45, 2.75) is 12.3 Å². The Kier molecular flexibility index (Phi) is 3.88. The summed E-state index contributed by atoms with van der Waals surface area (Å²) in [6.07, 6.45) is -0.508.